The molecule has 27 heavy (non-hydrogen) atoms. The van der Waals surface area contributed by atoms with E-state index in [0.717, 1.165) is 11.6 Å². The normalized spacial score (nSPS) is 11.6. The summed E-state index contributed by atoms with van der Waals surface area (Å²) in [6.07, 6.45) is -1.41. The molecule has 0 heterocycles. The quantitative estimate of drug-likeness (QED) is 0.614. The van der Waals surface area contributed by atoms with E-state index in [1.165, 1.54) is 14.0 Å². The molecule has 0 spiro atoms. The first kappa shape index (κ1) is 20.3. The molecule has 0 unspecified atom stereocenters. The molecule has 8 heteroatoms. The van der Waals surface area contributed by atoms with E-state index in [1.807, 2.05) is 13.0 Å². The lowest BCUT2D eigenvalue weighted by Crippen LogP contribution is -2.31. The molecule has 1 N–H and O–H groups in total. The minimum Gasteiger partial charge on any atom is -0.496 e. The van der Waals surface area contributed by atoms with Crippen molar-refractivity contribution in [1.82, 2.24) is 0 Å². The molecule has 1 atom stereocenters. The van der Waals surface area contributed by atoms with Crippen LogP contribution in [0.1, 0.15) is 18.1 Å². The molecule has 144 valence electrons. The lowest BCUT2D eigenvalue weighted by Gasteiger charge is -2.15. The Labute approximate surface area is 154 Å². The van der Waals surface area contributed by atoms with Crippen LogP contribution in [0.2, 0.25) is 0 Å². The minimum atomic E-state index is -1.70. The van der Waals surface area contributed by atoms with Crippen molar-refractivity contribution < 1.29 is 32.2 Å². The lowest BCUT2D eigenvalue weighted by atomic mass is 10.1. The molecule has 2 rings (SSSR count). The third kappa shape index (κ3) is 4.99. The van der Waals surface area contributed by atoms with Crippen molar-refractivity contribution in [2.45, 2.75) is 26.4 Å². The summed E-state index contributed by atoms with van der Waals surface area (Å²) in [6.45, 7) is 3.12. The van der Waals surface area contributed by atoms with E-state index < -0.39 is 41.1 Å². The number of amides is 1. The predicted octanol–water partition coefficient (Wildman–Crippen LogP) is 3.53. The topological polar surface area (TPSA) is 64.6 Å². The van der Waals surface area contributed by atoms with E-state index >= 15 is 0 Å². The largest absolute Gasteiger partial charge is 0.496 e. The summed E-state index contributed by atoms with van der Waals surface area (Å²) in [5.41, 5.74) is 0.946. The highest BCUT2D eigenvalue weighted by molar-refractivity contribution is 5.95. The summed E-state index contributed by atoms with van der Waals surface area (Å²) < 4.78 is 49.9. The number of aryl methyl sites for hydroxylation is 1. The molecule has 5 nitrogen and oxygen atoms in total. The zero-order valence-electron chi connectivity index (χ0n) is 14.9. The second-order valence-electron chi connectivity index (χ2n) is 5.84. The van der Waals surface area contributed by atoms with Gasteiger partial charge in [0.1, 0.15) is 5.75 Å². The molecular weight excluding hydrogens is 363 g/mol. The highest BCUT2D eigenvalue weighted by Gasteiger charge is 2.22. The Morgan fingerprint density at radius 1 is 1.11 bits per heavy atom. The average molecular weight is 381 g/mol. The fraction of sp³-hybridized carbons (Fsp3) is 0.263. The van der Waals surface area contributed by atoms with Crippen molar-refractivity contribution in [2.75, 3.05) is 12.4 Å². The summed E-state index contributed by atoms with van der Waals surface area (Å²) in [7, 11) is 1.46. The van der Waals surface area contributed by atoms with Gasteiger partial charge in [-0.3, -0.25) is 9.59 Å². The van der Waals surface area contributed by atoms with Gasteiger partial charge in [0.2, 0.25) is 0 Å². The fourth-order valence-electron chi connectivity index (χ4n) is 2.35. The maximum atomic E-state index is 13.6. The lowest BCUT2D eigenvalue weighted by molar-refractivity contribution is -0.152. The van der Waals surface area contributed by atoms with Gasteiger partial charge in [-0.25, -0.2) is 13.2 Å². The number of methoxy groups -OCH3 is 1. The summed E-state index contributed by atoms with van der Waals surface area (Å²) in [5, 5.41) is 2.06. The van der Waals surface area contributed by atoms with E-state index in [-0.39, 0.29) is 6.42 Å². The fourth-order valence-corrected chi connectivity index (χ4v) is 2.35. The Morgan fingerprint density at radius 3 is 2.48 bits per heavy atom. The second-order valence-corrected chi connectivity index (χ2v) is 5.84. The van der Waals surface area contributed by atoms with Crippen LogP contribution in [-0.4, -0.2) is 25.1 Å². The monoisotopic (exact) mass is 381 g/mol. The highest BCUT2D eigenvalue weighted by atomic mass is 19.2. The SMILES string of the molecule is COc1ccc(C)cc1CC(=O)O[C@@H](C)C(=O)Nc1ccc(F)c(F)c1F. The Hall–Kier alpha value is -3.03. The van der Waals surface area contributed by atoms with E-state index in [9.17, 15) is 22.8 Å². The Bertz CT molecular complexity index is 870. The third-order valence-corrected chi connectivity index (χ3v) is 3.74. The number of carbonyl (C=O) groups is 2. The number of rotatable bonds is 6. The van der Waals surface area contributed by atoms with E-state index in [4.69, 9.17) is 9.47 Å². The van der Waals surface area contributed by atoms with Crippen molar-refractivity contribution in [3.05, 3.63) is 58.9 Å². The Morgan fingerprint density at radius 2 is 1.81 bits per heavy atom. The zero-order valence-corrected chi connectivity index (χ0v) is 14.9. The third-order valence-electron chi connectivity index (χ3n) is 3.74. The van der Waals surface area contributed by atoms with Crippen LogP contribution in [0.4, 0.5) is 18.9 Å². The molecule has 0 aromatic heterocycles. The van der Waals surface area contributed by atoms with Crippen LogP contribution >= 0.6 is 0 Å². The summed E-state index contributed by atoms with van der Waals surface area (Å²) in [4.78, 5) is 24.1. The number of anilines is 1. The van der Waals surface area contributed by atoms with Crippen molar-refractivity contribution in [2.24, 2.45) is 0 Å². The predicted molar refractivity (Wildman–Crippen MR) is 91.9 cm³/mol. The first-order valence-corrected chi connectivity index (χ1v) is 8.00. The number of esters is 1. The summed E-state index contributed by atoms with van der Waals surface area (Å²) in [6, 6.07) is 6.83. The van der Waals surface area contributed by atoms with Gasteiger partial charge in [-0.05, 0) is 32.0 Å². The Balaban J connectivity index is 2.01. The van der Waals surface area contributed by atoms with Crippen molar-refractivity contribution in [3.63, 3.8) is 0 Å². The first-order chi connectivity index (χ1) is 12.7. The van der Waals surface area contributed by atoms with Crippen LogP contribution in [0.3, 0.4) is 0 Å². The summed E-state index contributed by atoms with van der Waals surface area (Å²) in [5.74, 6) is -5.71. The molecule has 0 radical (unpaired) electrons. The molecule has 2 aromatic carbocycles. The number of hydrogen-bond donors (Lipinski definition) is 1. The van der Waals surface area contributed by atoms with Crippen LogP contribution in [0.15, 0.2) is 30.3 Å². The molecule has 0 saturated heterocycles. The molecule has 1 amide bonds. The average Bonchev–Trinajstić information content (AvgIpc) is 2.62. The molecule has 0 aliphatic rings. The van der Waals surface area contributed by atoms with Gasteiger partial charge in [-0.15, -0.1) is 0 Å². The standard InChI is InChI=1S/C19H18F3NO4/c1-10-4-7-15(26-3)12(8-10)9-16(24)27-11(2)19(25)23-14-6-5-13(20)17(21)18(14)22/h4-8,11H,9H2,1-3H3,(H,23,25)/t11-/m0/s1. The number of halogens is 3. The van der Waals surface area contributed by atoms with Gasteiger partial charge in [0.15, 0.2) is 23.6 Å². The van der Waals surface area contributed by atoms with Crippen molar-refractivity contribution >= 4 is 17.6 Å². The van der Waals surface area contributed by atoms with Crippen LogP contribution in [0.25, 0.3) is 0 Å². The zero-order chi connectivity index (χ0) is 20.1. The Kier molecular flexibility index (Phi) is 6.44. The molecule has 0 saturated carbocycles. The van der Waals surface area contributed by atoms with E-state index in [0.29, 0.717) is 17.4 Å². The molecular formula is C19H18F3NO4. The van der Waals surface area contributed by atoms with Crippen molar-refractivity contribution in [1.29, 1.82) is 0 Å². The number of benzene rings is 2. The van der Waals surface area contributed by atoms with Gasteiger partial charge < -0.3 is 14.8 Å². The molecule has 0 fully saturated rings. The van der Waals surface area contributed by atoms with Gasteiger partial charge in [0, 0.05) is 5.56 Å². The van der Waals surface area contributed by atoms with Crippen LogP contribution in [-0.2, 0) is 20.7 Å². The van der Waals surface area contributed by atoms with Crippen LogP contribution in [0, 0.1) is 24.4 Å². The van der Waals surface area contributed by atoms with Gasteiger partial charge >= 0.3 is 5.97 Å². The number of nitrogens with one attached hydrogen (secondary N) is 1. The van der Waals surface area contributed by atoms with Crippen LogP contribution < -0.4 is 10.1 Å². The highest BCUT2D eigenvalue weighted by Crippen LogP contribution is 2.22. The van der Waals surface area contributed by atoms with E-state index in [1.54, 1.807) is 12.1 Å². The van der Waals surface area contributed by atoms with Gasteiger partial charge in [0.25, 0.3) is 5.91 Å². The minimum absolute atomic E-state index is 0.137. The molecule has 0 bridgehead atoms. The van der Waals surface area contributed by atoms with Gasteiger partial charge in [0.05, 0.1) is 19.2 Å². The molecule has 0 aliphatic heterocycles. The molecule has 0 aliphatic carbocycles. The van der Waals surface area contributed by atoms with E-state index in [2.05, 4.69) is 5.32 Å². The maximum Gasteiger partial charge on any atom is 0.311 e. The van der Waals surface area contributed by atoms with Crippen molar-refractivity contribution in [3.8, 4) is 5.75 Å². The van der Waals surface area contributed by atoms with Gasteiger partial charge in [-0.1, -0.05) is 17.7 Å². The number of carbonyl (C=O) groups excluding carboxylic acids is 2. The second kappa shape index (κ2) is 8.57. The number of hydrogen-bond acceptors (Lipinski definition) is 4. The summed E-state index contributed by atoms with van der Waals surface area (Å²) >= 11 is 0. The maximum absolute atomic E-state index is 13.6. The van der Waals surface area contributed by atoms with Gasteiger partial charge in [-0.2, -0.15) is 0 Å². The first-order valence-electron chi connectivity index (χ1n) is 8.00. The van der Waals surface area contributed by atoms with Crippen LogP contribution in [0.5, 0.6) is 5.75 Å². The molecule has 2 aromatic rings. The smallest absolute Gasteiger partial charge is 0.311 e. The number of ether oxygens (including phenoxy) is 2.